The number of nitrogens with one attached hydrogen (secondary N) is 2. The molecule has 0 aromatic heterocycles. The van der Waals surface area contributed by atoms with Gasteiger partial charge in [0.25, 0.3) is 11.8 Å². The van der Waals surface area contributed by atoms with Crippen molar-refractivity contribution in [3.05, 3.63) is 54.1 Å². The molecule has 0 saturated carbocycles. The topological polar surface area (TPSA) is 103 Å². The van der Waals surface area contributed by atoms with E-state index in [1.54, 1.807) is 48.5 Å². The molecule has 0 aliphatic heterocycles. The Balaban J connectivity index is 1.87. The molecule has 1 atom stereocenters. The fourth-order valence-electron chi connectivity index (χ4n) is 2.46. The quantitative estimate of drug-likeness (QED) is 0.627. The van der Waals surface area contributed by atoms with Gasteiger partial charge < -0.3 is 24.8 Å². The summed E-state index contributed by atoms with van der Waals surface area (Å²) < 4.78 is 15.6. The number of amides is 2. The number of carbonyl (C=O) groups excluding carboxylic acids is 3. The van der Waals surface area contributed by atoms with Crippen LogP contribution in [0.25, 0.3) is 0 Å². The SMILES string of the molecule is CCOc1ccccc1C(=O)NCC(=O)O[C@@H](C)C(=O)Nc1ccccc1OC. The number of esters is 1. The van der Waals surface area contributed by atoms with Crippen molar-refractivity contribution in [2.45, 2.75) is 20.0 Å². The maximum Gasteiger partial charge on any atom is 0.326 e. The summed E-state index contributed by atoms with van der Waals surface area (Å²) in [7, 11) is 1.49. The summed E-state index contributed by atoms with van der Waals surface area (Å²) in [6, 6.07) is 13.6. The van der Waals surface area contributed by atoms with E-state index in [4.69, 9.17) is 14.2 Å². The second kappa shape index (κ2) is 10.7. The van der Waals surface area contributed by atoms with Crippen molar-refractivity contribution in [2.75, 3.05) is 25.6 Å². The monoisotopic (exact) mass is 400 g/mol. The minimum Gasteiger partial charge on any atom is -0.495 e. The Bertz CT molecular complexity index is 868. The van der Waals surface area contributed by atoms with Gasteiger partial charge in [-0.2, -0.15) is 0 Å². The van der Waals surface area contributed by atoms with E-state index in [1.807, 2.05) is 6.92 Å². The zero-order chi connectivity index (χ0) is 21.2. The van der Waals surface area contributed by atoms with Crippen molar-refractivity contribution in [1.82, 2.24) is 5.32 Å². The third kappa shape index (κ3) is 6.24. The molecule has 154 valence electrons. The van der Waals surface area contributed by atoms with Gasteiger partial charge in [-0.1, -0.05) is 24.3 Å². The van der Waals surface area contributed by atoms with Gasteiger partial charge in [-0.15, -0.1) is 0 Å². The lowest BCUT2D eigenvalue weighted by molar-refractivity contribution is -0.152. The number of methoxy groups -OCH3 is 1. The van der Waals surface area contributed by atoms with E-state index in [9.17, 15) is 14.4 Å². The van der Waals surface area contributed by atoms with Gasteiger partial charge in [0.1, 0.15) is 18.0 Å². The molecule has 0 unspecified atom stereocenters. The van der Waals surface area contributed by atoms with Gasteiger partial charge in [-0.05, 0) is 38.1 Å². The van der Waals surface area contributed by atoms with E-state index in [0.29, 0.717) is 29.4 Å². The number of para-hydroxylation sites is 3. The number of hydrogen-bond acceptors (Lipinski definition) is 6. The first kappa shape index (κ1) is 21.7. The van der Waals surface area contributed by atoms with E-state index >= 15 is 0 Å². The highest BCUT2D eigenvalue weighted by Crippen LogP contribution is 2.23. The number of anilines is 1. The fraction of sp³-hybridized carbons (Fsp3) is 0.286. The van der Waals surface area contributed by atoms with Crippen LogP contribution >= 0.6 is 0 Å². The van der Waals surface area contributed by atoms with Crippen LogP contribution < -0.4 is 20.1 Å². The molecular formula is C21H24N2O6. The summed E-state index contributed by atoms with van der Waals surface area (Å²) in [5.74, 6) is -0.826. The van der Waals surface area contributed by atoms with Crippen LogP contribution in [0.15, 0.2) is 48.5 Å². The van der Waals surface area contributed by atoms with Crippen LogP contribution in [0.1, 0.15) is 24.2 Å². The van der Waals surface area contributed by atoms with E-state index in [-0.39, 0.29) is 6.54 Å². The largest absolute Gasteiger partial charge is 0.495 e. The number of benzene rings is 2. The zero-order valence-corrected chi connectivity index (χ0v) is 16.6. The number of hydrogen-bond donors (Lipinski definition) is 2. The van der Waals surface area contributed by atoms with Gasteiger partial charge in [0.15, 0.2) is 6.10 Å². The highest BCUT2D eigenvalue weighted by Gasteiger charge is 2.20. The number of ether oxygens (including phenoxy) is 3. The summed E-state index contributed by atoms with van der Waals surface area (Å²) >= 11 is 0. The Hall–Kier alpha value is -3.55. The molecule has 8 nitrogen and oxygen atoms in total. The van der Waals surface area contributed by atoms with Crippen molar-refractivity contribution >= 4 is 23.5 Å². The molecule has 0 aliphatic rings. The number of rotatable bonds is 9. The Morgan fingerprint density at radius 1 is 1.00 bits per heavy atom. The molecule has 0 spiro atoms. The third-order valence-electron chi connectivity index (χ3n) is 3.87. The molecule has 2 aromatic rings. The maximum atomic E-state index is 12.3. The average Bonchev–Trinajstić information content (AvgIpc) is 2.73. The van der Waals surface area contributed by atoms with E-state index < -0.39 is 23.9 Å². The molecule has 2 aromatic carbocycles. The normalized spacial score (nSPS) is 11.1. The van der Waals surface area contributed by atoms with Gasteiger partial charge in [-0.3, -0.25) is 14.4 Å². The lowest BCUT2D eigenvalue weighted by atomic mass is 10.2. The predicted octanol–water partition coefficient (Wildman–Crippen LogP) is 2.39. The smallest absolute Gasteiger partial charge is 0.326 e. The zero-order valence-electron chi connectivity index (χ0n) is 16.6. The Morgan fingerprint density at radius 2 is 1.66 bits per heavy atom. The molecular weight excluding hydrogens is 376 g/mol. The first-order valence-corrected chi connectivity index (χ1v) is 9.09. The van der Waals surface area contributed by atoms with Gasteiger partial charge in [0.2, 0.25) is 0 Å². The highest BCUT2D eigenvalue weighted by atomic mass is 16.5. The van der Waals surface area contributed by atoms with Crippen LogP contribution in [0.2, 0.25) is 0 Å². The molecule has 0 aliphatic carbocycles. The van der Waals surface area contributed by atoms with Crippen LogP contribution in [-0.4, -0.2) is 44.1 Å². The van der Waals surface area contributed by atoms with Crippen molar-refractivity contribution < 1.29 is 28.6 Å². The molecule has 2 N–H and O–H groups in total. The lowest BCUT2D eigenvalue weighted by Gasteiger charge is -2.15. The minimum absolute atomic E-state index is 0.309. The van der Waals surface area contributed by atoms with Crippen LogP contribution in [0.3, 0.4) is 0 Å². The lowest BCUT2D eigenvalue weighted by Crippen LogP contribution is -2.36. The van der Waals surface area contributed by atoms with Crippen molar-refractivity contribution in [1.29, 1.82) is 0 Å². The van der Waals surface area contributed by atoms with E-state index in [1.165, 1.54) is 14.0 Å². The molecule has 0 heterocycles. The van der Waals surface area contributed by atoms with Crippen LogP contribution in [0, 0.1) is 0 Å². The predicted molar refractivity (Wildman–Crippen MR) is 107 cm³/mol. The van der Waals surface area contributed by atoms with Gasteiger partial charge >= 0.3 is 5.97 Å². The molecule has 0 fully saturated rings. The molecule has 0 saturated heterocycles. The van der Waals surface area contributed by atoms with Crippen LogP contribution in [0.4, 0.5) is 5.69 Å². The summed E-state index contributed by atoms with van der Waals surface area (Å²) in [6.45, 7) is 3.27. The van der Waals surface area contributed by atoms with Crippen molar-refractivity contribution in [2.24, 2.45) is 0 Å². The van der Waals surface area contributed by atoms with E-state index in [2.05, 4.69) is 10.6 Å². The molecule has 0 bridgehead atoms. The summed E-state index contributed by atoms with van der Waals surface area (Å²) in [5.41, 5.74) is 0.771. The molecule has 2 rings (SSSR count). The van der Waals surface area contributed by atoms with Gasteiger partial charge in [0, 0.05) is 0 Å². The molecule has 0 radical (unpaired) electrons. The average molecular weight is 400 g/mol. The summed E-state index contributed by atoms with van der Waals surface area (Å²) in [6.07, 6.45) is -1.06. The van der Waals surface area contributed by atoms with Crippen LogP contribution in [-0.2, 0) is 14.3 Å². The third-order valence-corrected chi connectivity index (χ3v) is 3.87. The van der Waals surface area contributed by atoms with E-state index in [0.717, 1.165) is 0 Å². The summed E-state index contributed by atoms with van der Waals surface area (Å²) in [5, 5.41) is 5.10. The Kier molecular flexibility index (Phi) is 8.02. The van der Waals surface area contributed by atoms with Gasteiger partial charge in [-0.25, -0.2) is 0 Å². The highest BCUT2D eigenvalue weighted by molar-refractivity contribution is 5.99. The first-order valence-electron chi connectivity index (χ1n) is 9.09. The van der Waals surface area contributed by atoms with Crippen LogP contribution in [0.5, 0.6) is 11.5 Å². The van der Waals surface area contributed by atoms with Crippen molar-refractivity contribution in [3.63, 3.8) is 0 Å². The number of carbonyl (C=O) groups is 3. The Labute approximate surface area is 169 Å². The fourth-order valence-corrected chi connectivity index (χ4v) is 2.46. The Morgan fingerprint density at radius 3 is 2.34 bits per heavy atom. The maximum absolute atomic E-state index is 12.3. The summed E-state index contributed by atoms with van der Waals surface area (Å²) in [4.78, 5) is 36.5. The molecule has 29 heavy (non-hydrogen) atoms. The standard InChI is InChI=1S/C21H24N2O6/c1-4-28-17-11-7-5-9-15(17)21(26)22-13-19(24)29-14(2)20(25)23-16-10-6-8-12-18(16)27-3/h5-12,14H,4,13H2,1-3H3,(H,22,26)(H,23,25)/t14-/m0/s1. The minimum atomic E-state index is -1.06. The van der Waals surface area contributed by atoms with Crippen molar-refractivity contribution in [3.8, 4) is 11.5 Å². The molecule has 2 amide bonds. The van der Waals surface area contributed by atoms with Gasteiger partial charge in [0.05, 0.1) is 25.0 Å². The molecule has 8 heteroatoms. The first-order chi connectivity index (χ1) is 14.0. The second-order valence-corrected chi connectivity index (χ2v) is 5.93. The second-order valence-electron chi connectivity index (χ2n) is 5.93.